The van der Waals surface area contributed by atoms with E-state index in [1.54, 1.807) is 6.07 Å². The van der Waals surface area contributed by atoms with Crippen LogP contribution in [0.5, 0.6) is 0 Å². The Balaban J connectivity index is 1.05. The Hall–Kier alpha value is -2.19. The lowest BCUT2D eigenvalue weighted by molar-refractivity contribution is -0.147. The van der Waals surface area contributed by atoms with E-state index in [1.807, 2.05) is 0 Å². The molecule has 192 valence electrons. The Morgan fingerprint density at radius 1 is 1.09 bits per heavy atom. The maximum atomic E-state index is 13.7. The minimum atomic E-state index is -0.259. The number of fused-ring (bicyclic) bond motifs is 1. The third kappa shape index (κ3) is 5.97. The molecule has 3 fully saturated rings. The second-order valence-electron chi connectivity index (χ2n) is 11.1. The second-order valence-corrected chi connectivity index (χ2v) is 11.1. The number of carbonyl (C=O) groups is 1. The Labute approximate surface area is 207 Å². The van der Waals surface area contributed by atoms with E-state index in [1.165, 1.54) is 37.8 Å². The highest BCUT2D eigenvalue weighted by molar-refractivity contribution is 5.88. The summed E-state index contributed by atoms with van der Waals surface area (Å²) < 4.78 is 24.4. The summed E-state index contributed by atoms with van der Waals surface area (Å²) >= 11 is 0. The molecular weight excluding hydrogens is 447 g/mol. The average molecular weight is 487 g/mol. The first-order valence-corrected chi connectivity index (χ1v) is 13.4. The van der Waals surface area contributed by atoms with Gasteiger partial charge in [0.2, 0.25) is 5.91 Å². The molecule has 3 aliphatic rings. The van der Waals surface area contributed by atoms with Crippen molar-refractivity contribution in [2.24, 2.45) is 11.3 Å². The van der Waals surface area contributed by atoms with Crippen LogP contribution in [0, 0.1) is 17.2 Å². The first-order valence-electron chi connectivity index (χ1n) is 13.4. The van der Waals surface area contributed by atoms with Crippen molar-refractivity contribution in [1.29, 1.82) is 0 Å². The normalized spacial score (nSPS) is 24.0. The number of hydrogen-bond donors (Lipinski definition) is 0. The van der Waals surface area contributed by atoms with Crippen LogP contribution in [0.4, 0.5) is 10.2 Å². The van der Waals surface area contributed by atoms with Crippen molar-refractivity contribution >= 4 is 22.7 Å². The Kier molecular flexibility index (Phi) is 7.58. The molecule has 1 amide bonds. The van der Waals surface area contributed by atoms with Gasteiger partial charge < -0.3 is 19.1 Å². The van der Waals surface area contributed by atoms with Crippen LogP contribution in [0.15, 0.2) is 22.7 Å². The van der Waals surface area contributed by atoms with Crippen molar-refractivity contribution in [3.63, 3.8) is 0 Å². The van der Waals surface area contributed by atoms with Crippen molar-refractivity contribution in [3.05, 3.63) is 24.0 Å². The third-order valence-electron chi connectivity index (χ3n) is 8.10. The predicted molar refractivity (Wildman–Crippen MR) is 134 cm³/mol. The van der Waals surface area contributed by atoms with Gasteiger partial charge in [-0.2, -0.15) is 0 Å². The summed E-state index contributed by atoms with van der Waals surface area (Å²) in [5.74, 6) is 1.55. The molecule has 35 heavy (non-hydrogen) atoms. The van der Waals surface area contributed by atoms with Crippen LogP contribution in [-0.2, 0) is 9.53 Å². The van der Waals surface area contributed by atoms with Crippen LogP contribution in [0.1, 0.15) is 51.9 Å². The SMILES string of the molecule is CC1(CC(=O)N2CCCC[C@@H](CCN3CCN(c4noc5ccc(F)cc45)CC3)CCC2)COC1. The minimum absolute atomic E-state index is 0.0546. The van der Waals surface area contributed by atoms with Crippen LogP contribution >= 0.6 is 0 Å². The molecule has 8 heteroatoms. The molecule has 0 aliphatic carbocycles. The van der Waals surface area contributed by atoms with Crippen molar-refractivity contribution in [3.8, 4) is 0 Å². The fourth-order valence-electron chi connectivity index (χ4n) is 5.80. The number of anilines is 1. The molecule has 0 spiro atoms. The molecule has 0 saturated carbocycles. The number of carbonyl (C=O) groups excluding carboxylic acids is 1. The van der Waals surface area contributed by atoms with Gasteiger partial charge in [0.1, 0.15) is 5.82 Å². The zero-order chi connectivity index (χ0) is 24.3. The molecule has 0 bridgehead atoms. The van der Waals surface area contributed by atoms with Crippen LogP contribution in [0.2, 0.25) is 0 Å². The molecule has 3 saturated heterocycles. The number of piperazine rings is 1. The Morgan fingerprint density at radius 3 is 2.63 bits per heavy atom. The van der Waals surface area contributed by atoms with Gasteiger partial charge in [-0.15, -0.1) is 0 Å². The number of amides is 1. The lowest BCUT2D eigenvalue weighted by Gasteiger charge is -2.39. The zero-order valence-electron chi connectivity index (χ0n) is 21.0. The molecule has 5 rings (SSSR count). The molecule has 1 aromatic carbocycles. The maximum absolute atomic E-state index is 13.7. The van der Waals surface area contributed by atoms with Crippen LogP contribution < -0.4 is 4.90 Å². The van der Waals surface area contributed by atoms with Crippen LogP contribution in [0.25, 0.3) is 11.0 Å². The lowest BCUT2D eigenvalue weighted by Crippen LogP contribution is -2.47. The number of rotatable bonds is 6. The number of hydrogen-bond acceptors (Lipinski definition) is 6. The van der Waals surface area contributed by atoms with E-state index in [0.29, 0.717) is 17.9 Å². The number of nitrogens with zero attached hydrogens (tertiary/aromatic N) is 4. The predicted octanol–water partition coefficient (Wildman–Crippen LogP) is 4.31. The minimum Gasteiger partial charge on any atom is -0.380 e. The fraction of sp³-hybridized carbons (Fsp3) is 0.704. The monoisotopic (exact) mass is 486 g/mol. The van der Waals surface area contributed by atoms with E-state index in [-0.39, 0.29) is 11.2 Å². The van der Waals surface area contributed by atoms with Crippen LogP contribution in [-0.4, -0.2) is 79.9 Å². The van der Waals surface area contributed by atoms with E-state index < -0.39 is 0 Å². The van der Waals surface area contributed by atoms with Gasteiger partial charge in [0.05, 0.1) is 18.6 Å². The van der Waals surface area contributed by atoms with Gasteiger partial charge in [-0.25, -0.2) is 4.39 Å². The van der Waals surface area contributed by atoms with Crippen molar-refractivity contribution < 1.29 is 18.4 Å². The summed E-state index contributed by atoms with van der Waals surface area (Å²) in [6.07, 6.45) is 7.75. The molecule has 4 heterocycles. The molecule has 1 aromatic heterocycles. The second kappa shape index (κ2) is 10.8. The van der Waals surface area contributed by atoms with E-state index in [0.717, 1.165) is 89.0 Å². The molecule has 2 aromatic rings. The van der Waals surface area contributed by atoms with E-state index in [4.69, 9.17) is 9.26 Å². The van der Waals surface area contributed by atoms with E-state index in [2.05, 4.69) is 26.8 Å². The maximum Gasteiger partial charge on any atom is 0.223 e. The molecule has 0 unspecified atom stereocenters. The van der Waals surface area contributed by atoms with Crippen molar-refractivity contribution in [1.82, 2.24) is 15.0 Å². The number of aromatic nitrogens is 1. The number of ether oxygens (including phenoxy) is 1. The molecule has 1 atom stereocenters. The smallest absolute Gasteiger partial charge is 0.223 e. The summed E-state index contributed by atoms with van der Waals surface area (Å²) in [5, 5.41) is 4.97. The van der Waals surface area contributed by atoms with Crippen molar-refractivity contribution in [2.75, 3.05) is 63.9 Å². The van der Waals surface area contributed by atoms with Gasteiger partial charge in [0.25, 0.3) is 0 Å². The van der Waals surface area contributed by atoms with Crippen LogP contribution in [0.3, 0.4) is 0 Å². The van der Waals surface area contributed by atoms with Gasteiger partial charge >= 0.3 is 0 Å². The quantitative estimate of drug-likeness (QED) is 0.606. The standard InChI is InChI=1S/C27H39FN4O3/c1-27(19-34-20-27)18-25(33)31-10-3-2-5-21(6-4-11-31)9-12-30-13-15-32(16-14-30)26-23-17-22(28)7-8-24(23)35-29-26/h7-8,17,21H,2-6,9-16,18-20H2,1H3/t21-/m1/s1. The summed E-state index contributed by atoms with van der Waals surface area (Å²) in [6, 6.07) is 4.57. The lowest BCUT2D eigenvalue weighted by atomic mass is 9.84. The summed E-state index contributed by atoms with van der Waals surface area (Å²) in [4.78, 5) is 19.7. The van der Waals surface area contributed by atoms with Gasteiger partial charge in [-0.3, -0.25) is 9.69 Å². The number of benzene rings is 1. The summed E-state index contributed by atoms with van der Waals surface area (Å²) in [7, 11) is 0. The van der Waals surface area contributed by atoms with E-state index in [9.17, 15) is 9.18 Å². The van der Waals surface area contributed by atoms with Gasteiger partial charge in [0.15, 0.2) is 11.4 Å². The molecule has 7 nitrogen and oxygen atoms in total. The highest BCUT2D eigenvalue weighted by atomic mass is 19.1. The topological polar surface area (TPSA) is 62.1 Å². The third-order valence-corrected chi connectivity index (χ3v) is 8.10. The first kappa shape index (κ1) is 24.5. The fourth-order valence-corrected chi connectivity index (χ4v) is 5.80. The first-order chi connectivity index (χ1) is 17.0. The van der Waals surface area contributed by atoms with Gasteiger partial charge in [0, 0.05) is 51.1 Å². The molecule has 0 radical (unpaired) electrons. The van der Waals surface area contributed by atoms with Gasteiger partial charge in [-0.1, -0.05) is 24.9 Å². The summed E-state index contributed by atoms with van der Waals surface area (Å²) in [6.45, 7) is 10.3. The van der Waals surface area contributed by atoms with Crippen molar-refractivity contribution in [2.45, 2.75) is 51.9 Å². The van der Waals surface area contributed by atoms with E-state index >= 15 is 0 Å². The number of halogens is 1. The van der Waals surface area contributed by atoms with Gasteiger partial charge in [-0.05, 0) is 56.3 Å². The molecule has 3 aliphatic heterocycles. The molecular formula is C27H39FN4O3. The Morgan fingerprint density at radius 2 is 1.86 bits per heavy atom. The zero-order valence-corrected chi connectivity index (χ0v) is 21.0. The largest absolute Gasteiger partial charge is 0.380 e. The highest BCUT2D eigenvalue weighted by Gasteiger charge is 2.36. The average Bonchev–Trinajstić information content (AvgIpc) is 3.29. The Bertz CT molecular complexity index is 999. The summed E-state index contributed by atoms with van der Waals surface area (Å²) in [5.41, 5.74) is 0.689. The highest BCUT2D eigenvalue weighted by Crippen LogP contribution is 2.32. The molecule has 0 N–H and O–H groups in total.